The Morgan fingerprint density at radius 3 is 0.600 bits per heavy atom. The summed E-state index contributed by atoms with van der Waals surface area (Å²) in [7, 11) is 0. The van der Waals surface area contributed by atoms with Crippen LogP contribution in [0.2, 0.25) is 0 Å². The second kappa shape index (κ2) is 20.4. The normalized spacial score (nSPS) is 10.5. The molecule has 36 heteroatoms. The Morgan fingerprint density at radius 2 is 0.427 bits per heavy atom. The van der Waals surface area contributed by atoms with Gasteiger partial charge in [0.2, 0.25) is 0 Å². The predicted molar refractivity (Wildman–Crippen MR) is 212 cm³/mol. The molecular weight excluding hydrogens is 1040 g/mol. The number of esters is 4. The molecule has 0 saturated heterocycles. The fraction of sp³-hybridized carbons (Fsp3) is 0. The largest absolute Gasteiger partial charge is 0.478 e. The second-order valence-electron chi connectivity index (χ2n) is 13.4. The number of benzene rings is 3. The van der Waals surface area contributed by atoms with Gasteiger partial charge in [0.25, 0.3) is 0 Å². The van der Waals surface area contributed by atoms with E-state index < -0.39 is 208 Å². The number of hydrogen-bond donors (Lipinski definition) is 13. The van der Waals surface area contributed by atoms with Crippen molar-refractivity contribution in [2.45, 2.75) is 0 Å². The highest BCUT2D eigenvalue weighted by molar-refractivity contribution is 6.29. The van der Waals surface area contributed by atoms with Gasteiger partial charge in [0.1, 0.15) is 6.33 Å². The Bertz CT molecular complexity index is 3390. The quantitative estimate of drug-likeness (QED) is 0.0405. The van der Waals surface area contributed by atoms with Crippen molar-refractivity contribution in [3.8, 4) is 0 Å². The fourth-order valence-corrected chi connectivity index (χ4v) is 6.87. The molecule has 0 fully saturated rings. The summed E-state index contributed by atoms with van der Waals surface area (Å²) in [4.78, 5) is 241. The fourth-order valence-electron chi connectivity index (χ4n) is 6.87. The van der Waals surface area contributed by atoms with Crippen LogP contribution >= 0.6 is 0 Å². The number of aromatic carboxylic acids is 13. The molecule has 0 aliphatic rings. The molecule has 0 amide bonds. The van der Waals surface area contributed by atoms with Crippen molar-refractivity contribution in [2.24, 2.45) is 0 Å². The number of ether oxygens (including phenoxy) is 2. The van der Waals surface area contributed by atoms with Gasteiger partial charge in [-0.05, 0) is 0 Å². The molecule has 1 heterocycles. The Labute approximate surface area is 402 Å². The summed E-state index contributed by atoms with van der Waals surface area (Å²) in [6, 6.07) is 0. The maximum atomic E-state index is 14.4. The van der Waals surface area contributed by atoms with E-state index in [9.17, 15) is 153 Å². The van der Waals surface area contributed by atoms with Crippen LogP contribution in [-0.4, -0.2) is 184 Å². The van der Waals surface area contributed by atoms with E-state index in [1.54, 1.807) is 0 Å². The van der Waals surface area contributed by atoms with Gasteiger partial charge in [0.15, 0.2) is 0 Å². The number of carboxylic acids is 13. The number of carbonyl (C=O) groups excluding carboxylic acids is 5. The molecule has 3 aromatic carbocycles. The maximum Gasteiger partial charge on any atom is 0.365 e. The van der Waals surface area contributed by atoms with Crippen molar-refractivity contribution >= 4 is 107 Å². The van der Waals surface area contributed by atoms with Crippen molar-refractivity contribution in [3.05, 3.63) is 119 Å². The lowest BCUT2D eigenvalue weighted by Crippen LogP contribution is -2.34. The van der Waals surface area contributed by atoms with E-state index >= 15 is 0 Å². The molecular formula is C39H16N2O34. The van der Waals surface area contributed by atoms with Crippen LogP contribution < -0.4 is 4.84 Å². The van der Waals surface area contributed by atoms with Crippen molar-refractivity contribution in [2.75, 3.05) is 0 Å². The van der Waals surface area contributed by atoms with E-state index in [1.807, 2.05) is 0 Å². The Kier molecular flexibility index (Phi) is 15.0. The average molecular weight is 1060 g/mol. The molecule has 13 N–H and O–H groups in total. The van der Waals surface area contributed by atoms with E-state index in [1.165, 1.54) is 0 Å². The summed E-state index contributed by atoms with van der Waals surface area (Å²) in [5, 5.41) is 129. The van der Waals surface area contributed by atoms with Gasteiger partial charge in [-0.15, -0.1) is 0 Å². The Hall–Kier alpha value is -12.3. The first kappa shape index (κ1) is 55.3. The molecule has 0 saturated carbocycles. The molecule has 0 unspecified atom stereocenters. The molecule has 0 radical (unpaired) electrons. The van der Waals surface area contributed by atoms with E-state index in [-0.39, 0.29) is 4.73 Å². The van der Waals surface area contributed by atoms with Crippen LogP contribution in [0.15, 0.2) is 18.7 Å². The van der Waals surface area contributed by atoms with Gasteiger partial charge in [0, 0.05) is 6.20 Å². The van der Waals surface area contributed by atoms with Gasteiger partial charge in [-0.1, -0.05) is 0 Å². The highest BCUT2D eigenvalue weighted by Crippen LogP contribution is 2.36. The number of nitrogens with zero attached hydrogens (tertiary/aromatic N) is 2. The van der Waals surface area contributed by atoms with Crippen LogP contribution in [0.5, 0.6) is 0 Å². The molecule has 0 bridgehead atoms. The zero-order valence-electron chi connectivity index (χ0n) is 35.0. The van der Waals surface area contributed by atoms with Crippen molar-refractivity contribution < 1.29 is 167 Å². The predicted octanol–water partition coefficient (Wildman–Crippen LogP) is -0.777. The van der Waals surface area contributed by atoms with Gasteiger partial charge in [-0.25, -0.2) is 91.3 Å². The minimum atomic E-state index is -3.18. The summed E-state index contributed by atoms with van der Waals surface area (Å²) in [5.41, 5.74) is -43.1. The third-order valence-corrected chi connectivity index (χ3v) is 9.34. The molecule has 0 atom stereocenters. The average Bonchev–Trinajstić information content (AvgIpc) is 3.80. The molecule has 4 rings (SSSR count). The smallest absolute Gasteiger partial charge is 0.365 e. The summed E-state index contributed by atoms with van der Waals surface area (Å²) in [6.07, 6.45) is 1.85. The first-order valence-electron chi connectivity index (χ1n) is 18.2. The van der Waals surface area contributed by atoms with E-state index in [0.29, 0.717) is 12.5 Å². The van der Waals surface area contributed by atoms with Gasteiger partial charge in [-0.3, -0.25) is 0 Å². The molecule has 0 spiro atoms. The molecule has 75 heavy (non-hydrogen) atoms. The highest BCUT2D eigenvalue weighted by Gasteiger charge is 2.47. The lowest BCUT2D eigenvalue weighted by molar-refractivity contribution is 0.0340. The summed E-state index contributed by atoms with van der Waals surface area (Å²) in [5.74, 6) is -52.1. The number of aromatic nitrogens is 2. The van der Waals surface area contributed by atoms with Gasteiger partial charge in [-0.2, -0.15) is 4.73 Å². The van der Waals surface area contributed by atoms with Crippen LogP contribution in [0, 0.1) is 0 Å². The zero-order valence-corrected chi connectivity index (χ0v) is 35.0. The molecule has 1 aromatic heterocycles. The van der Waals surface area contributed by atoms with Crippen molar-refractivity contribution in [3.63, 3.8) is 0 Å². The number of hydrogen-bond acceptors (Lipinski definition) is 22. The van der Waals surface area contributed by atoms with E-state index in [4.69, 9.17) is 4.84 Å². The zero-order chi connectivity index (χ0) is 57.3. The Balaban J connectivity index is 2.35. The first-order chi connectivity index (χ1) is 34.7. The standard InChI is InChI=1S/C39H16N2O34/c42-22(43)4-6(24(46)47)11(29(56)57)17(12(30(58)59)7(4)25(48)49)35(68)73-37(70)19-15(33(64)65)10(28(54)55)16(34(66)67)20(39(72)75-41-2-1-40-3-41)21(19)38(71)74-36(69)18-13(31(60)61)8(26(50)51)5(23(44)45)9(27(52)53)14(18)32(62)63/h1-3H,(H,42,43)(H,44,45)(H,46,47)(H,48,49)(H,50,51)(H,52,53)(H,54,55)(H,56,57)(H,58,59)(H,60,61)(H,62,63)(H,64,65)(H,66,67). The lowest BCUT2D eigenvalue weighted by Gasteiger charge is -2.21. The van der Waals surface area contributed by atoms with Crippen LogP contribution in [0.1, 0.15) is 186 Å². The SMILES string of the molecule is O=C(O)c1c(C(=O)O)c(C(=O)O)c(C(=O)OC(=O)c2c(C(=O)O)c(C(=O)O)c(C(=O)O)c(C(=O)On3ccnc3)c2C(=O)OC(=O)c2c(C(=O)O)c(C(=O)O)c(C(=O)O)c(C(=O)O)c2C(=O)O)c(C(=O)O)c1C(=O)O. The summed E-state index contributed by atoms with van der Waals surface area (Å²) < 4.78 is 8.75. The van der Waals surface area contributed by atoms with Gasteiger partial charge >= 0.3 is 107 Å². The van der Waals surface area contributed by atoms with Crippen molar-refractivity contribution in [1.82, 2.24) is 9.71 Å². The molecule has 0 aliphatic heterocycles. The van der Waals surface area contributed by atoms with Gasteiger partial charge < -0.3 is 80.7 Å². The topological polar surface area (TPSA) is 616 Å². The number of carbonyl (C=O) groups is 18. The summed E-state index contributed by atoms with van der Waals surface area (Å²) in [6.45, 7) is 0. The first-order valence-corrected chi connectivity index (χ1v) is 18.2. The van der Waals surface area contributed by atoms with Crippen LogP contribution in [-0.2, 0) is 9.47 Å². The highest BCUT2D eigenvalue weighted by atomic mass is 16.7. The van der Waals surface area contributed by atoms with Crippen LogP contribution in [0.3, 0.4) is 0 Å². The third-order valence-electron chi connectivity index (χ3n) is 9.34. The minimum absolute atomic E-state index is 0.117. The van der Waals surface area contributed by atoms with Crippen LogP contribution in [0.4, 0.5) is 0 Å². The van der Waals surface area contributed by atoms with E-state index in [0.717, 1.165) is 6.20 Å². The third kappa shape index (κ3) is 9.69. The van der Waals surface area contributed by atoms with Gasteiger partial charge in [0.05, 0.1) is 106 Å². The number of carboxylic acid groups (broad SMARTS) is 13. The number of rotatable bonds is 19. The monoisotopic (exact) mass is 1060 g/mol. The molecule has 36 nitrogen and oxygen atoms in total. The van der Waals surface area contributed by atoms with Crippen LogP contribution in [0.25, 0.3) is 0 Å². The molecule has 386 valence electrons. The molecule has 0 aliphatic carbocycles. The number of imidazole rings is 1. The van der Waals surface area contributed by atoms with E-state index in [2.05, 4.69) is 14.5 Å². The second-order valence-corrected chi connectivity index (χ2v) is 13.4. The Morgan fingerprint density at radius 1 is 0.267 bits per heavy atom. The minimum Gasteiger partial charge on any atom is -0.478 e. The lowest BCUT2D eigenvalue weighted by atomic mass is 9.85. The van der Waals surface area contributed by atoms with Crippen molar-refractivity contribution in [1.29, 1.82) is 0 Å². The maximum absolute atomic E-state index is 14.4. The molecule has 4 aromatic rings. The summed E-state index contributed by atoms with van der Waals surface area (Å²) >= 11 is 0.